The summed E-state index contributed by atoms with van der Waals surface area (Å²) < 4.78 is 0. The minimum Gasteiger partial charge on any atom is -0.342 e. The van der Waals surface area contributed by atoms with Gasteiger partial charge in [-0.25, -0.2) is 0 Å². The molecule has 0 unspecified atom stereocenters. The molecule has 0 radical (unpaired) electrons. The molecular formula is C13H21NO. The number of likely N-dealkylation sites (tertiary alicyclic amines) is 1. The van der Waals surface area contributed by atoms with Crippen LogP contribution in [-0.2, 0) is 4.79 Å². The second-order valence-corrected chi connectivity index (χ2v) is 5.92. The molecular weight excluding hydrogens is 186 g/mol. The molecule has 0 spiro atoms. The third-order valence-corrected chi connectivity index (χ3v) is 3.55. The van der Waals surface area contributed by atoms with Crippen molar-refractivity contribution in [3.63, 3.8) is 0 Å². The van der Waals surface area contributed by atoms with Gasteiger partial charge in [0.15, 0.2) is 0 Å². The number of allylic oxidation sites excluding steroid dienone is 2. The maximum atomic E-state index is 12.1. The van der Waals surface area contributed by atoms with E-state index in [0.717, 1.165) is 24.9 Å². The first-order chi connectivity index (χ1) is 6.98. The third kappa shape index (κ3) is 2.09. The summed E-state index contributed by atoms with van der Waals surface area (Å²) in [6, 6.07) is 0. The van der Waals surface area contributed by atoms with Crippen molar-refractivity contribution in [3.8, 4) is 0 Å². The smallest absolute Gasteiger partial charge is 0.227 e. The second-order valence-electron chi connectivity index (χ2n) is 5.92. The zero-order valence-corrected chi connectivity index (χ0v) is 9.99. The second kappa shape index (κ2) is 3.66. The number of fused-ring (bicyclic) bond motifs is 1. The molecule has 2 heteroatoms. The number of carbonyl (C=O) groups is 1. The Morgan fingerprint density at radius 1 is 1.13 bits per heavy atom. The highest BCUT2D eigenvalue weighted by molar-refractivity contribution is 5.81. The van der Waals surface area contributed by atoms with Crippen molar-refractivity contribution in [3.05, 3.63) is 12.2 Å². The van der Waals surface area contributed by atoms with Crippen molar-refractivity contribution in [1.29, 1.82) is 0 Å². The van der Waals surface area contributed by atoms with Crippen LogP contribution in [0, 0.1) is 17.3 Å². The van der Waals surface area contributed by atoms with Gasteiger partial charge in [-0.2, -0.15) is 0 Å². The molecule has 0 aromatic carbocycles. The molecule has 1 fully saturated rings. The van der Waals surface area contributed by atoms with Gasteiger partial charge in [0.1, 0.15) is 0 Å². The number of hydrogen-bond acceptors (Lipinski definition) is 1. The molecule has 0 N–H and O–H groups in total. The van der Waals surface area contributed by atoms with Crippen LogP contribution in [0.5, 0.6) is 0 Å². The molecule has 15 heavy (non-hydrogen) atoms. The van der Waals surface area contributed by atoms with Gasteiger partial charge in [0, 0.05) is 18.5 Å². The highest BCUT2D eigenvalue weighted by Crippen LogP contribution is 2.34. The summed E-state index contributed by atoms with van der Waals surface area (Å²) in [6.45, 7) is 7.98. The van der Waals surface area contributed by atoms with E-state index < -0.39 is 0 Å². The van der Waals surface area contributed by atoms with E-state index >= 15 is 0 Å². The number of hydrogen-bond donors (Lipinski definition) is 0. The van der Waals surface area contributed by atoms with Gasteiger partial charge in [0.25, 0.3) is 0 Å². The molecule has 0 aromatic rings. The van der Waals surface area contributed by atoms with E-state index in [9.17, 15) is 4.79 Å². The van der Waals surface area contributed by atoms with Crippen LogP contribution < -0.4 is 0 Å². The van der Waals surface area contributed by atoms with Crippen LogP contribution in [0.1, 0.15) is 33.6 Å². The van der Waals surface area contributed by atoms with Crippen LogP contribution in [0.3, 0.4) is 0 Å². The summed E-state index contributed by atoms with van der Waals surface area (Å²) in [5.74, 6) is 1.76. The third-order valence-electron chi connectivity index (χ3n) is 3.55. The van der Waals surface area contributed by atoms with E-state index in [4.69, 9.17) is 0 Å². The fourth-order valence-electron chi connectivity index (χ4n) is 2.66. The van der Waals surface area contributed by atoms with E-state index in [0.29, 0.717) is 5.91 Å². The molecule has 1 saturated heterocycles. The molecule has 2 aliphatic rings. The normalized spacial score (nSPS) is 30.5. The molecule has 1 aliphatic heterocycles. The zero-order chi connectivity index (χ0) is 11.1. The van der Waals surface area contributed by atoms with Crippen molar-refractivity contribution in [1.82, 2.24) is 4.90 Å². The first-order valence-electron chi connectivity index (χ1n) is 5.93. The van der Waals surface area contributed by atoms with E-state index in [-0.39, 0.29) is 5.41 Å². The van der Waals surface area contributed by atoms with E-state index in [1.54, 1.807) is 0 Å². The highest BCUT2D eigenvalue weighted by atomic mass is 16.2. The quantitative estimate of drug-likeness (QED) is 0.559. The Hall–Kier alpha value is -0.790. The lowest BCUT2D eigenvalue weighted by Crippen LogP contribution is -2.38. The van der Waals surface area contributed by atoms with Gasteiger partial charge in [0.05, 0.1) is 0 Å². The minimum atomic E-state index is -0.221. The lowest BCUT2D eigenvalue weighted by atomic mass is 9.86. The number of nitrogens with zero attached hydrogens (tertiary/aromatic N) is 1. The van der Waals surface area contributed by atoms with Crippen LogP contribution in [-0.4, -0.2) is 23.9 Å². The molecule has 1 aliphatic carbocycles. The van der Waals surface area contributed by atoms with Gasteiger partial charge in [-0.05, 0) is 24.7 Å². The van der Waals surface area contributed by atoms with Crippen molar-refractivity contribution in [2.75, 3.05) is 13.1 Å². The fraction of sp³-hybridized carbons (Fsp3) is 0.769. The Kier molecular flexibility index (Phi) is 2.61. The summed E-state index contributed by atoms with van der Waals surface area (Å²) in [4.78, 5) is 14.2. The van der Waals surface area contributed by atoms with Crippen molar-refractivity contribution in [2.24, 2.45) is 17.3 Å². The molecule has 2 rings (SSSR count). The molecule has 2 atom stereocenters. The van der Waals surface area contributed by atoms with Gasteiger partial charge in [-0.15, -0.1) is 0 Å². The van der Waals surface area contributed by atoms with E-state index in [1.807, 2.05) is 20.8 Å². The monoisotopic (exact) mass is 207 g/mol. The molecule has 84 valence electrons. The molecule has 0 saturated carbocycles. The summed E-state index contributed by atoms with van der Waals surface area (Å²) >= 11 is 0. The maximum absolute atomic E-state index is 12.1. The topological polar surface area (TPSA) is 20.3 Å². The number of carbonyl (C=O) groups excluding carboxylic acids is 1. The summed E-state index contributed by atoms with van der Waals surface area (Å²) in [5.41, 5.74) is -0.221. The van der Waals surface area contributed by atoms with E-state index in [1.165, 1.54) is 12.8 Å². The molecule has 0 aromatic heterocycles. The van der Waals surface area contributed by atoms with Crippen LogP contribution in [0.2, 0.25) is 0 Å². The molecule has 0 bridgehead atoms. The average molecular weight is 207 g/mol. The van der Waals surface area contributed by atoms with E-state index in [2.05, 4.69) is 17.1 Å². The van der Waals surface area contributed by atoms with Crippen molar-refractivity contribution in [2.45, 2.75) is 33.6 Å². The molecule has 2 nitrogen and oxygen atoms in total. The molecule has 1 heterocycles. The summed E-state index contributed by atoms with van der Waals surface area (Å²) in [5, 5.41) is 0. The van der Waals surface area contributed by atoms with Gasteiger partial charge < -0.3 is 4.90 Å². The van der Waals surface area contributed by atoms with Gasteiger partial charge in [0.2, 0.25) is 5.91 Å². The van der Waals surface area contributed by atoms with Crippen LogP contribution in [0.4, 0.5) is 0 Å². The van der Waals surface area contributed by atoms with Gasteiger partial charge in [-0.3, -0.25) is 4.79 Å². The van der Waals surface area contributed by atoms with Crippen LogP contribution in [0.15, 0.2) is 12.2 Å². The van der Waals surface area contributed by atoms with Crippen LogP contribution in [0.25, 0.3) is 0 Å². The molecule has 1 amide bonds. The predicted molar refractivity (Wildman–Crippen MR) is 61.4 cm³/mol. The summed E-state index contributed by atoms with van der Waals surface area (Å²) in [6.07, 6.45) is 6.87. The standard InChI is InChI=1S/C13H21NO/c1-13(2,3)12(15)14-8-10-6-4-5-7-11(10)9-14/h4-5,10-11H,6-9H2,1-3H3/t10-,11-/m0/s1. The summed E-state index contributed by atoms with van der Waals surface area (Å²) in [7, 11) is 0. The maximum Gasteiger partial charge on any atom is 0.227 e. The predicted octanol–water partition coefficient (Wildman–Crippen LogP) is 2.46. The first kappa shape index (κ1) is 10.7. The first-order valence-corrected chi connectivity index (χ1v) is 5.93. The van der Waals surface area contributed by atoms with Crippen molar-refractivity contribution < 1.29 is 4.79 Å². The lowest BCUT2D eigenvalue weighted by molar-refractivity contribution is -0.138. The van der Waals surface area contributed by atoms with Crippen molar-refractivity contribution >= 4 is 5.91 Å². The highest BCUT2D eigenvalue weighted by Gasteiger charge is 2.38. The largest absolute Gasteiger partial charge is 0.342 e. The number of amides is 1. The Balaban J connectivity index is 2.02. The Labute approximate surface area is 92.3 Å². The Morgan fingerprint density at radius 2 is 1.60 bits per heavy atom. The lowest BCUT2D eigenvalue weighted by Gasteiger charge is -2.25. The zero-order valence-electron chi connectivity index (χ0n) is 9.99. The minimum absolute atomic E-state index is 0.221. The number of rotatable bonds is 0. The SMILES string of the molecule is CC(C)(C)C(=O)N1C[C@@H]2CC=CC[C@H]2C1. The fourth-order valence-corrected chi connectivity index (χ4v) is 2.66. The average Bonchev–Trinajstić information content (AvgIpc) is 2.58. The van der Waals surface area contributed by atoms with Gasteiger partial charge in [-0.1, -0.05) is 32.9 Å². The van der Waals surface area contributed by atoms with Crippen LogP contribution >= 0.6 is 0 Å². The Morgan fingerprint density at radius 3 is 2.00 bits per heavy atom. The van der Waals surface area contributed by atoms with Gasteiger partial charge >= 0.3 is 0 Å². The Bertz CT molecular complexity index is 271.